The Labute approximate surface area is 166 Å². The molecule has 1 aromatic carbocycles. The lowest BCUT2D eigenvalue weighted by Crippen LogP contribution is -2.36. The molecule has 0 bridgehead atoms. The number of rotatable bonds is 10. The molecule has 156 valence electrons. The van der Waals surface area contributed by atoms with Crippen molar-refractivity contribution in [2.75, 3.05) is 6.54 Å². The monoisotopic (exact) mass is 393 g/mol. The first kappa shape index (κ1) is 23.5. The molecule has 0 aromatic heterocycles. The third-order valence-corrected chi connectivity index (χ3v) is 3.99. The van der Waals surface area contributed by atoms with Gasteiger partial charge in [-0.15, -0.1) is 0 Å². The summed E-state index contributed by atoms with van der Waals surface area (Å²) in [6.07, 6.45) is -0.669. The zero-order valence-corrected chi connectivity index (χ0v) is 17.2. The number of benzene rings is 1. The Kier molecular flexibility index (Phi) is 9.48. The summed E-state index contributed by atoms with van der Waals surface area (Å²) in [6.45, 7) is 8.93. The van der Waals surface area contributed by atoms with E-state index < -0.39 is 30.2 Å². The summed E-state index contributed by atoms with van der Waals surface area (Å²) in [5.74, 6) is -2.11. The van der Waals surface area contributed by atoms with Crippen LogP contribution in [0.25, 0.3) is 0 Å². The highest BCUT2D eigenvalue weighted by Gasteiger charge is 2.21. The van der Waals surface area contributed by atoms with Crippen LogP contribution >= 0.6 is 0 Å². The van der Waals surface area contributed by atoms with E-state index in [0.29, 0.717) is 12.3 Å². The standard InChI is InChI=1S/C21H31NO6/c1-13(2)9-16-7-6-8-17(10-16)11-18(19(23)24)12-22-21(26)28-15(5)27-20(25)14(3)4/h6-8,10,13-15,18H,9,11-12H2,1-5H3,(H,22,26)(H,23,24)/t15-,18+/m1/s1. The number of hydrogen-bond donors (Lipinski definition) is 2. The van der Waals surface area contributed by atoms with E-state index in [0.717, 1.165) is 17.5 Å². The normalized spacial score (nSPS) is 13.1. The quantitative estimate of drug-likeness (QED) is 0.467. The molecule has 0 saturated heterocycles. The summed E-state index contributed by atoms with van der Waals surface area (Å²) >= 11 is 0. The zero-order valence-electron chi connectivity index (χ0n) is 17.2. The fourth-order valence-corrected chi connectivity index (χ4v) is 2.61. The van der Waals surface area contributed by atoms with Crippen molar-refractivity contribution in [1.82, 2.24) is 5.32 Å². The fourth-order valence-electron chi connectivity index (χ4n) is 2.61. The van der Waals surface area contributed by atoms with Crippen LogP contribution in [-0.4, -0.2) is 36.0 Å². The number of alkyl carbamates (subject to hydrolysis) is 1. The third-order valence-electron chi connectivity index (χ3n) is 3.99. The fraction of sp³-hybridized carbons (Fsp3) is 0.571. The van der Waals surface area contributed by atoms with Gasteiger partial charge in [-0.2, -0.15) is 0 Å². The molecule has 0 radical (unpaired) electrons. The van der Waals surface area contributed by atoms with Crippen molar-refractivity contribution in [3.63, 3.8) is 0 Å². The Balaban J connectivity index is 2.58. The van der Waals surface area contributed by atoms with E-state index >= 15 is 0 Å². The Bertz CT molecular complexity index is 671. The molecule has 0 aliphatic carbocycles. The van der Waals surface area contributed by atoms with Crippen LogP contribution in [0.2, 0.25) is 0 Å². The van der Waals surface area contributed by atoms with Gasteiger partial charge in [0, 0.05) is 13.5 Å². The SMILES string of the molecule is CC(C)Cc1cccc(C[C@@H](CNC(=O)O[C@H](C)OC(=O)C(C)C)C(=O)O)c1. The van der Waals surface area contributed by atoms with Gasteiger partial charge in [-0.25, -0.2) is 4.79 Å². The molecule has 1 amide bonds. The molecule has 0 aliphatic heterocycles. The number of amides is 1. The second-order valence-corrected chi connectivity index (χ2v) is 7.60. The van der Waals surface area contributed by atoms with Crippen LogP contribution in [0.3, 0.4) is 0 Å². The lowest BCUT2D eigenvalue weighted by Gasteiger charge is -2.17. The molecule has 1 rings (SSSR count). The Hall–Kier alpha value is -2.57. The molecule has 28 heavy (non-hydrogen) atoms. The molecule has 7 nitrogen and oxygen atoms in total. The molecule has 7 heteroatoms. The summed E-state index contributed by atoms with van der Waals surface area (Å²) in [5, 5.41) is 11.9. The lowest BCUT2D eigenvalue weighted by atomic mass is 9.95. The maximum absolute atomic E-state index is 11.8. The zero-order chi connectivity index (χ0) is 21.3. The van der Waals surface area contributed by atoms with Gasteiger partial charge >= 0.3 is 18.0 Å². The number of carboxylic acids is 1. The first-order chi connectivity index (χ1) is 13.1. The molecule has 0 spiro atoms. The minimum atomic E-state index is -1.05. The largest absolute Gasteiger partial charge is 0.481 e. The van der Waals surface area contributed by atoms with E-state index in [-0.39, 0.29) is 12.5 Å². The van der Waals surface area contributed by atoms with Gasteiger partial charge in [0.1, 0.15) is 0 Å². The van der Waals surface area contributed by atoms with E-state index in [1.54, 1.807) is 13.8 Å². The number of esters is 1. The molecule has 0 heterocycles. The van der Waals surface area contributed by atoms with Crippen LogP contribution in [0, 0.1) is 17.8 Å². The van der Waals surface area contributed by atoms with E-state index in [9.17, 15) is 19.5 Å². The van der Waals surface area contributed by atoms with Gasteiger partial charge in [-0.05, 0) is 29.9 Å². The van der Waals surface area contributed by atoms with E-state index in [1.807, 2.05) is 24.3 Å². The molecule has 1 aromatic rings. The summed E-state index contributed by atoms with van der Waals surface area (Å²) in [6, 6.07) is 7.82. The Morgan fingerprint density at radius 3 is 2.14 bits per heavy atom. The van der Waals surface area contributed by atoms with Crippen molar-refractivity contribution in [3.05, 3.63) is 35.4 Å². The van der Waals surface area contributed by atoms with Crippen LogP contribution in [0.4, 0.5) is 4.79 Å². The molecule has 2 N–H and O–H groups in total. The van der Waals surface area contributed by atoms with E-state index in [2.05, 4.69) is 19.2 Å². The summed E-state index contributed by atoms with van der Waals surface area (Å²) < 4.78 is 9.87. The number of hydrogen-bond acceptors (Lipinski definition) is 5. The van der Waals surface area contributed by atoms with Gasteiger partial charge in [0.25, 0.3) is 0 Å². The van der Waals surface area contributed by atoms with E-state index in [4.69, 9.17) is 9.47 Å². The number of aliphatic carboxylic acids is 1. The van der Waals surface area contributed by atoms with Crippen molar-refractivity contribution in [1.29, 1.82) is 0 Å². The predicted molar refractivity (Wildman–Crippen MR) is 105 cm³/mol. The highest BCUT2D eigenvalue weighted by atomic mass is 16.7. The first-order valence-electron chi connectivity index (χ1n) is 9.54. The van der Waals surface area contributed by atoms with Crippen molar-refractivity contribution in [3.8, 4) is 0 Å². The maximum Gasteiger partial charge on any atom is 0.410 e. The van der Waals surface area contributed by atoms with Crippen LogP contribution in [0.1, 0.15) is 45.7 Å². The number of nitrogens with one attached hydrogen (secondary N) is 1. The smallest absolute Gasteiger partial charge is 0.410 e. The second-order valence-electron chi connectivity index (χ2n) is 7.60. The average Bonchev–Trinajstić information content (AvgIpc) is 2.57. The van der Waals surface area contributed by atoms with Crippen LogP contribution in [0.15, 0.2) is 24.3 Å². The molecule has 0 fully saturated rings. The topological polar surface area (TPSA) is 102 Å². The summed E-state index contributed by atoms with van der Waals surface area (Å²) in [5.41, 5.74) is 2.06. The number of carbonyl (C=O) groups excluding carboxylic acids is 2. The number of ether oxygens (including phenoxy) is 2. The van der Waals surface area contributed by atoms with Crippen molar-refractivity contribution < 1.29 is 29.0 Å². The van der Waals surface area contributed by atoms with Gasteiger partial charge in [-0.1, -0.05) is 52.0 Å². The molecule has 2 atom stereocenters. The minimum Gasteiger partial charge on any atom is -0.481 e. The highest BCUT2D eigenvalue weighted by Crippen LogP contribution is 2.14. The van der Waals surface area contributed by atoms with Gasteiger partial charge in [-0.3, -0.25) is 9.59 Å². The summed E-state index contributed by atoms with van der Waals surface area (Å²) in [4.78, 5) is 34.9. The minimum absolute atomic E-state index is 0.0899. The number of carboxylic acid groups (broad SMARTS) is 1. The van der Waals surface area contributed by atoms with Crippen LogP contribution in [-0.2, 0) is 31.9 Å². The molecule has 0 aliphatic rings. The van der Waals surface area contributed by atoms with Gasteiger partial charge < -0.3 is 19.9 Å². The van der Waals surface area contributed by atoms with Gasteiger partial charge in [0.05, 0.1) is 11.8 Å². The molecular formula is C21H31NO6. The van der Waals surface area contributed by atoms with Crippen molar-refractivity contribution in [2.24, 2.45) is 17.8 Å². The van der Waals surface area contributed by atoms with Crippen LogP contribution in [0.5, 0.6) is 0 Å². The van der Waals surface area contributed by atoms with Crippen molar-refractivity contribution >= 4 is 18.0 Å². The lowest BCUT2D eigenvalue weighted by molar-refractivity contribution is -0.168. The Morgan fingerprint density at radius 2 is 1.61 bits per heavy atom. The summed E-state index contributed by atoms with van der Waals surface area (Å²) in [7, 11) is 0. The van der Waals surface area contributed by atoms with Crippen LogP contribution < -0.4 is 5.32 Å². The number of carbonyl (C=O) groups is 3. The van der Waals surface area contributed by atoms with Gasteiger partial charge in [0.15, 0.2) is 0 Å². The second kappa shape index (κ2) is 11.3. The third kappa shape index (κ3) is 8.88. The molecule has 0 unspecified atom stereocenters. The molecule has 0 saturated carbocycles. The van der Waals surface area contributed by atoms with E-state index in [1.165, 1.54) is 6.92 Å². The first-order valence-corrected chi connectivity index (χ1v) is 9.54. The van der Waals surface area contributed by atoms with Gasteiger partial charge in [0.2, 0.25) is 6.29 Å². The highest BCUT2D eigenvalue weighted by molar-refractivity contribution is 5.73. The maximum atomic E-state index is 11.8. The average molecular weight is 393 g/mol. The Morgan fingerprint density at radius 1 is 1.00 bits per heavy atom. The van der Waals surface area contributed by atoms with Crippen molar-refractivity contribution in [2.45, 2.75) is 53.8 Å². The molecular weight excluding hydrogens is 362 g/mol. The predicted octanol–water partition coefficient (Wildman–Crippen LogP) is 3.40.